The van der Waals surface area contributed by atoms with E-state index >= 15 is 0 Å². The first-order chi connectivity index (χ1) is 12.1. The minimum Gasteiger partial charge on any atom is -0.382 e. The van der Waals surface area contributed by atoms with Gasteiger partial charge in [-0.2, -0.15) is 0 Å². The Morgan fingerprint density at radius 3 is 2.52 bits per heavy atom. The van der Waals surface area contributed by atoms with Crippen LogP contribution >= 0.6 is 11.3 Å². The zero-order chi connectivity index (χ0) is 18.1. The Bertz CT molecular complexity index is 623. The Kier molecular flexibility index (Phi) is 8.12. The van der Waals surface area contributed by atoms with Crippen LogP contribution in [0, 0.1) is 5.92 Å². The van der Waals surface area contributed by atoms with Crippen LogP contribution in [0.25, 0.3) is 0 Å². The molecule has 0 saturated carbocycles. The Morgan fingerprint density at radius 1 is 1.16 bits per heavy atom. The summed E-state index contributed by atoms with van der Waals surface area (Å²) in [7, 11) is 1.61. The molecule has 0 radical (unpaired) electrons. The van der Waals surface area contributed by atoms with Crippen LogP contribution in [-0.2, 0) is 20.7 Å². The monoisotopic (exact) mass is 361 g/mol. The molecule has 0 aliphatic carbocycles. The third kappa shape index (κ3) is 6.61. The van der Waals surface area contributed by atoms with Crippen LogP contribution in [0.3, 0.4) is 0 Å². The molecule has 0 bridgehead atoms. The Hall–Kier alpha value is -1.69. The minimum absolute atomic E-state index is 0.0384. The summed E-state index contributed by atoms with van der Waals surface area (Å²) in [5, 5.41) is 5.10. The number of amides is 1. The second-order valence-corrected chi connectivity index (χ2v) is 7.38. The maximum Gasteiger partial charge on any atom is 0.246 e. The van der Waals surface area contributed by atoms with Crippen molar-refractivity contribution >= 4 is 17.2 Å². The molecule has 0 aliphatic heterocycles. The van der Waals surface area contributed by atoms with E-state index in [9.17, 15) is 4.79 Å². The zero-order valence-electron chi connectivity index (χ0n) is 15.2. The molecule has 1 unspecified atom stereocenters. The maximum absolute atomic E-state index is 12.2. The lowest BCUT2D eigenvalue weighted by atomic mass is 9.99. The molecule has 5 heteroatoms. The van der Waals surface area contributed by atoms with E-state index in [1.165, 1.54) is 5.56 Å². The third-order valence-corrected chi connectivity index (χ3v) is 4.69. The highest BCUT2D eigenvalue weighted by Gasteiger charge is 2.18. The van der Waals surface area contributed by atoms with Crippen LogP contribution in [-0.4, -0.2) is 32.8 Å². The van der Waals surface area contributed by atoms with Gasteiger partial charge >= 0.3 is 0 Å². The first-order valence-electron chi connectivity index (χ1n) is 8.58. The van der Waals surface area contributed by atoms with E-state index in [0.29, 0.717) is 19.1 Å². The normalized spacial score (nSPS) is 12.3. The summed E-state index contributed by atoms with van der Waals surface area (Å²) in [6, 6.07) is 12.4. The van der Waals surface area contributed by atoms with Gasteiger partial charge in [0.15, 0.2) is 0 Å². The SMILES string of the molecule is COCCOCC(=O)NC(c1ccc(CC(C)C)cc1)c1cccs1. The molecule has 2 aromatic rings. The van der Waals surface area contributed by atoms with Crippen LogP contribution in [0.4, 0.5) is 0 Å². The standard InChI is InChI=1S/C20H27NO3S/c1-15(2)13-16-6-8-17(9-7-16)20(18-5-4-12-25-18)21-19(22)14-24-11-10-23-3/h4-9,12,15,20H,10-11,13-14H2,1-3H3,(H,21,22). The first kappa shape index (κ1) is 19.6. The van der Waals surface area contributed by atoms with Gasteiger partial charge in [0.1, 0.15) is 6.61 Å². The highest BCUT2D eigenvalue weighted by atomic mass is 32.1. The molecule has 1 atom stereocenters. The number of hydrogen-bond donors (Lipinski definition) is 1. The number of carbonyl (C=O) groups excluding carboxylic acids is 1. The Balaban J connectivity index is 2.05. The molecule has 136 valence electrons. The van der Waals surface area contributed by atoms with Gasteiger partial charge in [0, 0.05) is 12.0 Å². The van der Waals surface area contributed by atoms with Crippen molar-refractivity contribution in [3.8, 4) is 0 Å². The van der Waals surface area contributed by atoms with E-state index < -0.39 is 0 Å². The van der Waals surface area contributed by atoms with Crippen LogP contribution in [0.1, 0.15) is 35.9 Å². The van der Waals surface area contributed by atoms with Gasteiger partial charge in [0.2, 0.25) is 5.91 Å². The molecule has 0 aliphatic rings. The molecule has 0 spiro atoms. The molecule has 4 nitrogen and oxygen atoms in total. The van der Waals surface area contributed by atoms with Crippen LogP contribution in [0.15, 0.2) is 41.8 Å². The first-order valence-corrected chi connectivity index (χ1v) is 9.46. The molecular formula is C20H27NO3S. The lowest BCUT2D eigenvalue weighted by Crippen LogP contribution is -2.32. The fourth-order valence-corrected chi connectivity index (χ4v) is 3.40. The van der Waals surface area contributed by atoms with E-state index in [4.69, 9.17) is 9.47 Å². The van der Waals surface area contributed by atoms with E-state index in [0.717, 1.165) is 16.9 Å². The van der Waals surface area contributed by atoms with Crippen molar-refractivity contribution in [3.05, 3.63) is 57.8 Å². The number of carbonyl (C=O) groups is 1. The van der Waals surface area contributed by atoms with Gasteiger partial charge < -0.3 is 14.8 Å². The summed E-state index contributed by atoms with van der Waals surface area (Å²) < 4.78 is 10.2. The van der Waals surface area contributed by atoms with Crippen LogP contribution < -0.4 is 5.32 Å². The van der Waals surface area contributed by atoms with Crippen molar-refractivity contribution < 1.29 is 14.3 Å². The van der Waals surface area contributed by atoms with Crippen LogP contribution in [0.5, 0.6) is 0 Å². The smallest absolute Gasteiger partial charge is 0.246 e. The average molecular weight is 362 g/mol. The van der Waals surface area contributed by atoms with Crippen molar-refractivity contribution in [2.75, 3.05) is 26.9 Å². The fourth-order valence-electron chi connectivity index (χ4n) is 2.60. The van der Waals surface area contributed by atoms with Crippen LogP contribution in [0.2, 0.25) is 0 Å². The zero-order valence-corrected chi connectivity index (χ0v) is 16.0. The van der Waals surface area contributed by atoms with Crippen molar-refractivity contribution in [2.45, 2.75) is 26.3 Å². The quantitative estimate of drug-likeness (QED) is 0.655. The van der Waals surface area contributed by atoms with Gasteiger partial charge in [-0.25, -0.2) is 0 Å². The predicted octanol–water partition coefficient (Wildman–Crippen LogP) is 3.82. The van der Waals surface area contributed by atoms with E-state index in [2.05, 4.69) is 43.4 Å². The number of hydrogen-bond acceptors (Lipinski definition) is 4. The predicted molar refractivity (Wildman–Crippen MR) is 102 cm³/mol. The summed E-state index contributed by atoms with van der Waals surface area (Å²) in [4.78, 5) is 13.3. The number of ether oxygens (including phenoxy) is 2. The number of rotatable bonds is 10. The van der Waals surface area contributed by atoms with Crippen molar-refractivity contribution in [1.82, 2.24) is 5.32 Å². The molecule has 1 aromatic carbocycles. The van der Waals surface area contributed by atoms with Gasteiger partial charge in [-0.05, 0) is 34.9 Å². The second kappa shape index (κ2) is 10.3. The van der Waals surface area contributed by atoms with Gasteiger partial charge in [0.25, 0.3) is 0 Å². The van der Waals surface area contributed by atoms with E-state index in [-0.39, 0.29) is 18.6 Å². The summed E-state index contributed by atoms with van der Waals surface area (Å²) in [6.45, 7) is 5.37. The van der Waals surface area contributed by atoms with Crippen molar-refractivity contribution in [2.24, 2.45) is 5.92 Å². The highest BCUT2D eigenvalue weighted by molar-refractivity contribution is 7.10. The molecule has 1 heterocycles. The molecule has 2 rings (SSSR count). The molecular weight excluding hydrogens is 334 g/mol. The lowest BCUT2D eigenvalue weighted by Gasteiger charge is -2.19. The Morgan fingerprint density at radius 2 is 1.92 bits per heavy atom. The van der Waals surface area contributed by atoms with Crippen molar-refractivity contribution in [1.29, 1.82) is 0 Å². The summed E-state index contributed by atoms with van der Waals surface area (Å²) in [5.41, 5.74) is 2.40. The molecule has 1 amide bonds. The number of benzene rings is 1. The topological polar surface area (TPSA) is 47.6 Å². The average Bonchev–Trinajstić information content (AvgIpc) is 3.11. The van der Waals surface area contributed by atoms with Gasteiger partial charge in [0.05, 0.1) is 19.3 Å². The van der Waals surface area contributed by atoms with Gasteiger partial charge in [-0.3, -0.25) is 4.79 Å². The fraction of sp³-hybridized carbons (Fsp3) is 0.450. The molecule has 0 saturated heterocycles. The summed E-state index contributed by atoms with van der Waals surface area (Å²) in [5.74, 6) is 0.503. The summed E-state index contributed by atoms with van der Waals surface area (Å²) in [6.07, 6.45) is 1.06. The molecule has 1 N–H and O–H groups in total. The molecule has 25 heavy (non-hydrogen) atoms. The van der Waals surface area contributed by atoms with Gasteiger partial charge in [-0.1, -0.05) is 44.2 Å². The minimum atomic E-state index is -0.147. The number of thiophene rings is 1. The lowest BCUT2D eigenvalue weighted by molar-refractivity contribution is -0.126. The third-order valence-electron chi connectivity index (χ3n) is 3.75. The molecule has 1 aromatic heterocycles. The number of methoxy groups -OCH3 is 1. The molecule has 0 fully saturated rings. The summed E-state index contributed by atoms with van der Waals surface area (Å²) >= 11 is 1.64. The maximum atomic E-state index is 12.2. The largest absolute Gasteiger partial charge is 0.382 e. The van der Waals surface area contributed by atoms with Gasteiger partial charge in [-0.15, -0.1) is 11.3 Å². The van der Waals surface area contributed by atoms with E-state index in [1.807, 2.05) is 17.5 Å². The second-order valence-electron chi connectivity index (χ2n) is 6.40. The highest BCUT2D eigenvalue weighted by Crippen LogP contribution is 2.26. The van der Waals surface area contributed by atoms with Crippen molar-refractivity contribution in [3.63, 3.8) is 0 Å². The number of nitrogens with one attached hydrogen (secondary N) is 1. The van der Waals surface area contributed by atoms with E-state index in [1.54, 1.807) is 18.4 Å². The Labute approximate surface area is 154 Å².